The van der Waals surface area contributed by atoms with Crippen LogP contribution in [0, 0.1) is 11.3 Å². The average Bonchev–Trinajstić information content (AvgIpc) is 2.97. The maximum atomic E-state index is 12.7. The quantitative estimate of drug-likeness (QED) is 0.737. The molecule has 3 rings (SSSR count). The van der Waals surface area contributed by atoms with Crippen molar-refractivity contribution in [1.82, 2.24) is 0 Å². The topological polar surface area (TPSA) is 81.4 Å². The van der Waals surface area contributed by atoms with Crippen LogP contribution in [0.5, 0.6) is 5.75 Å². The standard InChI is InChI=1S/C21H25ClN2O3S/c1-21(2,3)12-6-7-13-16(10-12)28-20(17(13)18(23)25)24-19(26)11-5-8-15(27-4)14(22)9-11/h5,8-9,12H,6-7,10H2,1-4H3,(H2,23,25)(H,24,26)/t12-/m0/s1. The first-order valence-corrected chi connectivity index (χ1v) is 10.4. The van der Waals surface area contributed by atoms with E-state index in [4.69, 9.17) is 22.1 Å². The molecule has 28 heavy (non-hydrogen) atoms. The van der Waals surface area contributed by atoms with Crippen LogP contribution in [0.2, 0.25) is 5.02 Å². The number of nitrogens with one attached hydrogen (secondary N) is 1. The second-order valence-electron chi connectivity index (χ2n) is 8.18. The Morgan fingerprint density at radius 1 is 1.32 bits per heavy atom. The molecular formula is C21H25ClN2O3S. The molecule has 0 saturated carbocycles. The predicted octanol–water partition coefficient (Wildman–Crippen LogP) is 4.91. The minimum absolute atomic E-state index is 0.192. The molecule has 0 fully saturated rings. The lowest BCUT2D eigenvalue weighted by Gasteiger charge is -2.33. The number of hydrogen-bond acceptors (Lipinski definition) is 4. The fraction of sp³-hybridized carbons (Fsp3) is 0.429. The van der Waals surface area contributed by atoms with Crippen LogP contribution in [-0.4, -0.2) is 18.9 Å². The molecule has 1 aliphatic rings. The van der Waals surface area contributed by atoms with Gasteiger partial charge in [0.05, 0.1) is 17.7 Å². The largest absolute Gasteiger partial charge is 0.495 e. The zero-order chi connectivity index (χ0) is 20.6. The Labute approximate surface area is 174 Å². The Morgan fingerprint density at radius 2 is 2.04 bits per heavy atom. The van der Waals surface area contributed by atoms with Gasteiger partial charge in [0.1, 0.15) is 10.8 Å². The summed E-state index contributed by atoms with van der Waals surface area (Å²) in [6.07, 6.45) is 2.71. The molecule has 0 spiro atoms. The first-order valence-electron chi connectivity index (χ1n) is 9.21. The Balaban J connectivity index is 1.90. The lowest BCUT2D eigenvalue weighted by Crippen LogP contribution is -2.27. The van der Waals surface area contributed by atoms with Crippen molar-refractivity contribution in [1.29, 1.82) is 0 Å². The number of benzene rings is 1. The predicted molar refractivity (Wildman–Crippen MR) is 114 cm³/mol. The second-order valence-corrected chi connectivity index (χ2v) is 9.69. The Hall–Kier alpha value is -2.05. The average molecular weight is 421 g/mol. The summed E-state index contributed by atoms with van der Waals surface area (Å²) in [5.74, 6) is 0.187. The SMILES string of the molecule is COc1ccc(C(=O)Nc2sc3c(c2C(N)=O)CC[C@H](C(C)(C)C)C3)cc1Cl. The lowest BCUT2D eigenvalue weighted by atomic mass is 9.72. The summed E-state index contributed by atoms with van der Waals surface area (Å²) in [6, 6.07) is 4.82. The van der Waals surface area contributed by atoms with Gasteiger partial charge in [-0.25, -0.2) is 0 Å². The molecule has 2 aromatic rings. The number of carbonyl (C=O) groups is 2. The third-order valence-electron chi connectivity index (χ3n) is 5.38. The van der Waals surface area contributed by atoms with Crippen molar-refractivity contribution in [2.75, 3.05) is 12.4 Å². The molecule has 1 atom stereocenters. The molecule has 0 bridgehead atoms. The highest BCUT2D eigenvalue weighted by Crippen LogP contribution is 2.44. The first kappa shape index (κ1) is 20.7. The number of anilines is 1. The van der Waals surface area contributed by atoms with E-state index in [2.05, 4.69) is 26.1 Å². The van der Waals surface area contributed by atoms with E-state index in [0.29, 0.717) is 32.8 Å². The van der Waals surface area contributed by atoms with Crippen LogP contribution in [0.15, 0.2) is 18.2 Å². The highest BCUT2D eigenvalue weighted by molar-refractivity contribution is 7.17. The van der Waals surface area contributed by atoms with E-state index in [1.54, 1.807) is 18.2 Å². The molecule has 1 heterocycles. The van der Waals surface area contributed by atoms with Crippen LogP contribution in [0.1, 0.15) is 58.3 Å². The summed E-state index contributed by atoms with van der Waals surface area (Å²) in [4.78, 5) is 26.0. The van der Waals surface area contributed by atoms with Gasteiger partial charge in [0.15, 0.2) is 0 Å². The second kappa shape index (κ2) is 7.76. The fourth-order valence-electron chi connectivity index (χ4n) is 3.66. The summed E-state index contributed by atoms with van der Waals surface area (Å²) in [5, 5.41) is 3.73. The zero-order valence-electron chi connectivity index (χ0n) is 16.5. The third-order valence-corrected chi connectivity index (χ3v) is 6.84. The number of carbonyl (C=O) groups excluding carboxylic acids is 2. The number of methoxy groups -OCH3 is 1. The summed E-state index contributed by atoms with van der Waals surface area (Å²) in [5.41, 5.74) is 7.67. The van der Waals surface area contributed by atoms with Gasteiger partial charge in [-0.3, -0.25) is 9.59 Å². The van der Waals surface area contributed by atoms with E-state index >= 15 is 0 Å². The molecule has 7 heteroatoms. The minimum atomic E-state index is -0.505. The van der Waals surface area contributed by atoms with E-state index < -0.39 is 5.91 Å². The van der Waals surface area contributed by atoms with Crippen LogP contribution in [0.4, 0.5) is 5.00 Å². The van der Waals surface area contributed by atoms with Gasteiger partial charge in [0, 0.05) is 10.4 Å². The molecule has 5 nitrogen and oxygen atoms in total. The monoisotopic (exact) mass is 420 g/mol. The number of rotatable bonds is 4. The molecule has 0 radical (unpaired) electrons. The van der Waals surface area contributed by atoms with E-state index in [9.17, 15) is 9.59 Å². The van der Waals surface area contributed by atoms with Crippen molar-refractivity contribution in [2.24, 2.45) is 17.1 Å². The molecule has 1 aromatic carbocycles. The lowest BCUT2D eigenvalue weighted by molar-refractivity contribution is 0.1000. The van der Waals surface area contributed by atoms with Gasteiger partial charge in [-0.1, -0.05) is 32.4 Å². The van der Waals surface area contributed by atoms with Crippen molar-refractivity contribution in [3.8, 4) is 5.75 Å². The molecule has 3 N–H and O–H groups in total. The number of fused-ring (bicyclic) bond motifs is 1. The van der Waals surface area contributed by atoms with Crippen LogP contribution < -0.4 is 15.8 Å². The summed E-state index contributed by atoms with van der Waals surface area (Å²) in [6.45, 7) is 6.71. The summed E-state index contributed by atoms with van der Waals surface area (Å²) in [7, 11) is 1.51. The van der Waals surface area contributed by atoms with Gasteiger partial charge < -0.3 is 15.8 Å². The number of thiophene rings is 1. The third kappa shape index (κ3) is 4.03. The van der Waals surface area contributed by atoms with Crippen molar-refractivity contribution in [3.63, 3.8) is 0 Å². The molecule has 0 unspecified atom stereocenters. The molecule has 150 valence electrons. The maximum Gasteiger partial charge on any atom is 0.256 e. The highest BCUT2D eigenvalue weighted by atomic mass is 35.5. The van der Waals surface area contributed by atoms with Gasteiger partial charge >= 0.3 is 0 Å². The number of nitrogens with two attached hydrogens (primary N) is 1. The van der Waals surface area contributed by atoms with Gasteiger partial charge in [0.25, 0.3) is 11.8 Å². The number of hydrogen-bond donors (Lipinski definition) is 2. The summed E-state index contributed by atoms with van der Waals surface area (Å²) < 4.78 is 5.12. The smallest absolute Gasteiger partial charge is 0.256 e. The molecule has 1 aromatic heterocycles. The van der Waals surface area contributed by atoms with E-state index in [0.717, 1.165) is 29.7 Å². The van der Waals surface area contributed by atoms with Crippen molar-refractivity contribution in [2.45, 2.75) is 40.0 Å². The van der Waals surface area contributed by atoms with Crippen molar-refractivity contribution in [3.05, 3.63) is 44.8 Å². The highest BCUT2D eigenvalue weighted by Gasteiger charge is 2.33. The molecule has 0 aliphatic heterocycles. The first-order chi connectivity index (χ1) is 13.1. The molecule has 0 saturated heterocycles. The molecular weight excluding hydrogens is 396 g/mol. The number of halogens is 1. The molecule has 2 amide bonds. The van der Waals surface area contributed by atoms with Crippen LogP contribution in [0.25, 0.3) is 0 Å². The van der Waals surface area contributed by atoms with Crippen molar-refractivity contribution < 1.29 is 14.3 Å². The van der Waals surface area contributed by atoms with E-state index in [1.165, 1.54) is 18.4 Å². The maximum absolute atomic E-state index is 12.7. The van der Waals surface area contributed by atoms with Crippen molar-refractivity contribution >= 4 is 39.8 Å². The van der Waals surface area contributed by atoms with Gasteiger partial charge in [-0.2, -0.15) is 0 Å². The number of primary amides is 1. The van der Waals surface area contributed by atoms with E-state index in [1.807, 2.05) is 0 Å². The van der Waals surface area contributed by atoms with Crippen LogP contribution in [0.3, 0.4) is 0 Å². The van der Waals surface area contributed by atoms with E-state index in [-0.39, 0.29) is 11.3 Å². The number of ether oxygens (including phenoxy) is 1. The normalized spacial score (nSPS) is 16.4. The zero-order valence-corrected chi connectivity index (χ0v) is 18.1. The van der Waals surface area contributed by atoms with Gasteiger partial charge in [0.2, 0.25) is 0 Å². The Kier molecular flexibility index (Phi) is 5.73. The minimum Gasteiger partial charge on any atom is -0.495 e. The fourth-order valence-corrected chi connectivity index (χ4v) is 5.24. The van der Waals surface area contributed by atoms with Crippen LogP contribution >= 0.6 is 22.9 Å². The van der Waals surface area contributed by atoms with Gasteiger partial charge in [-0.15, -0.1) is 11.3 Å². The van der Waals surface area contributed by atoms with Gasteiger partial charge in [-0.05, 0) is 54.4 Å². The van der Waals surface area contributed by atoms with Crippen LogP contribution in [-0.2, 0) is 12.8 Å². The Bertz CT molecular complexity index is 930. The molecule has 1 aliphatic carbocycles. The number of amides is 2. The Morgan fingerprint density at radius 3 is 2.61 bits per heavy atom. The summed E-state index contributed by atoms with van der Waals surface area (Å²) >= 11 is 7.58.